The first-order valence-electron chi connectivity index (χ1n) is 8.48. The molecule has 0 aliphatic carbocycles. The van der Waals surface area contributed by atoms with Crippen molar-refractivity contribution in [3.8, 4) is 0 Å². The lowest BCUT2D eigenvalue weighted by Gasteiger charge is -2.25. The molecule has 1 aliphatic rings. The van der Waals surface area contributed by atoms with Gasteiger partial charge in [-0.25, -0.2) is 0 Å². The summed E-state index contributed by atoms with van der Waals surface area (Å²) in [6, 6.07) is 16.5. The summed E-state index contributed by atoms with van der Waals surface area (Å²) in [7, 11) is 0. The standard InChI is InChI=1S/C20H20N2O4/c23-18-11-16(15-8-4-5-9-17(15)22-18)19(24)21-12-14(20(25)26)10-13-6-2-1-3-7-13/h1-9,14,16H,10-12H2,(H,21,24)(H,22,23)(H,25,26). The number of anilines is 1. The number of hydrogen-bond acceptors (Lipinski definition) is 3. The van der Waals surface area contributed by atoms with E-state index in [4.69, 9.17) is 0 Å². The maximum absolute atomic E-state index is 12.6. The van der Waals surface area contributed by atoms with E-state index in [0.717, 1.165) is 11.1 Å². The van der Waals surface area contributed by atoms with E-state index in [1.165, 1.54) is 0 Å². The molecule has 2 aromatic carbocycles. The first kappa shape index (κ1) is 17.7. The minimum absolute atomic E-state index is 0.0172. The predicted octanol–water partition coefficient (Wildman–Crippen LogP) is 2.17. The Morgan fingerprint density at radius 3 is 2.54 bits per heavy atom. The van der Waals surface area contributed by atoms with Gasteiger partial charge in [0.25, 0.3) is 0 Å². The molecular formula is C20H20N2O4. The minimum Gasteiger partial charge on any atom is -0.481 e. The summed E-state index contributed by atoms with van der Waals surface area (Å²) >= 11 is 0. The Morgan fingerprint density at radius 1 is 1.12 bits per heavy atom. The van der Waals surface area contributed by atoms with Gasteiger partial charge in [-0.05, 0) is 23.6 Å². The number of fused-ring (bicyclic) bond motifs is 1. The van der Waals surface area contributed by atoms with Gasteiger partial charge < -0.3 is 15.7 Å². The lowest BCUT2D eigenvalue weighted by atomic mass is 9.89. The number of aliphatic carboxylic acids is 1. The summed E-state index contributed by atoms with van der Waals surface area (Å²) in [4.78, 5) is 36.0. The van der Waals surface area contributed by atoms with Gasteiger partial charge in [-0.1, -0.05) is 48.5 Å². The molecule has 6 heteroatoms. The van der Waals surface area contributed by atoms with Gasteiger partial charge in [-0.15, -0.1) is 0 Å². The second kappa shape index (κ2) is 7.82. The lowest BCUT2D eigenvalue weighted by molar-refractivity contribution is -0.141. The molecule has 0 saturated carbocycles. The van der Waals surface area contributed by atoms with Crippen LogP contribution in [0.25, 0.3) is 0 Å². The van der Waals surface area contributed by atoms with Gasteiger partial charge in [0.05, 0.1) is 11.8 Å². The second-order valence-corrected chi connectivity index (χ2v) is 6.36. The Balaban J connectivity index is 1.67. The van der Waals surface area contributed by atoms with Gasteiger partial charge in [0, 0.05) is 18.7 Å². The smallest absolute Gasteiger partial charge is 0.308 e. The lowest BCUT2D eigenvalue weighted by Crippen LogP contribution is -2.39. The molecule has 2 aromatic rings. The Hall–Kier alpha value is -3.15. The van der Waals surface area contributed by atoms with Gasteiger partial charge in [0.15, 0.2) is 0 Å². The number of rotatable bonds is 6. The van der Waals surface area contributed by atoms with E-state index in [1.807, 2.05) is 36.4 Å². The van der Waals surface area contributed by atoms with Gasteiger partial charge in [0.2, 0.25) is 11.8 Å². The second-order valence-electron chi connectivity index (χ2n) is 6.36. The SMILES string of the molecule is O=C1CC(C(=O)NCC(Cc2ccccc2)C(=O)O)c2ccccc2N1. The first-order valence-corrected chi connectivity index (χ1v) is 8.48. The Bertz CT molecular complexity index is 820. The zero-order chi connectivity index (χ0) is 18.5. The van der Waals surface area contributed by atoms with Crippen molar-refractivity contribution in [1.82, 2.24) is 5.32 Å². The van der Waals surface area contributed by atoms with Crippen molar-refractivity contribution in [3.05, 3.63) is 65.7 Å². The molecule has 1 heterocycles. The van der Waals surface area contributed by atoms with E-state index in [-0.39, 0.29) is 24.8 Å². The molecule has 0 aromatic heterocycles. The molecule has 0 radical (unpaired) electrons. The number of nitrogens with one attached hydrogen (secondary N) is 2. The van der Waals surface area contributed by atoms with Crippen molar-refractivity contribution in [2.24, 2.45) is 5.92 Å². The Kier molecular flexibility index (Phi) is 5.31. The van der Waals surface area contributed by atoms with Crippen LogP contribution in [0.5, 0.6) is 0 Å². The van der Waals surface area contributed by atoms with Crippen molar-refractivity contribution in [1.29, 1.82) is 0 Å². The van der Waals surface area contributed by atoms with Crippen LogP contribution < -0.4 is 10.6 Å². The predicted molar refractivity (Wildman–Crippen MR) is 96.7 cm³/mol. The summed E-state index contributed by atoms with van der Waals surface area (Å²) < 4.78 is 0. The highest BCUT2D eigenvalue weighted by molar-refractivity contribution is 6.01. The van der Waals surface area contributed by atoms with Crippen LogP contribution in [0.1, 0.15) is 23.5 Å². The highest BCUT2D eigenvalue weighted by Gasteiger charge is 2.31. The molecule has 0 saturated heterocycles. The highest BCUT2D eigenvalue weighted by Crippen LogP contribution is 2.32. The van der Waals surface area contributed by atoms with Crippen molar-refractivity contribution in [2.75, 3.05) is 11.9 Å². The topological polar surface area (TPSA) is 95.5 Å². The van der Waals surface area contributed by atoms with Crippen LogP contribution in [0.15, 0.2) is 54.6 Å². The molecule has 134 valence electrons. The van der Waals surface area contributed by atoms with Crippen LogP contribution in [0.4, 0.5) is 5.69 Å². The summed E-state index contributed by atoms with van der Waals surface area (Å²) in [5.41, 5.74) is 2.28. The largest absolute Gasteiger partial charge is 0.481 e. The molecule has 0 spiro atoms. The molecular weight excluding hydrogens is 332 g/mol. The fourth-order valence-corrected chi connectivity index (χ4v) is 3.14. The summed E-state index contributed by atoms with van der Waals surface area (Å²) in [6.07, 6.45) is 0.386. The first-order chi connectivity index (χ1) is 12.5. The van der Waals surface area contributed by atoms with Crippen LogP contribution >= 0.6 is 0 Å². The molecule has 3 N–H and O–H groups in total. The Morgan fingerprint density at radius 2 is 1.81 bits per heavy atom. The number of carbonyl (C=O) groups excluding carboxylic acids is 2. The fraction of sp³-hybridized carbons (Fsp3) is 0.250. The minimum atomic E-state index is -0.962. The third-order valence-corrected chi connectivity index (χ3v) is 4.51. The van der Waals surface area contributed by atoms with Gasteiger partial charge in [-0.3, -0.25) is 14.4 Å². The van der Waals surface area contributed by atoms with Crippen LogP contribution in [0.3, 0.4) is 0 Å². The molecule has 2 atom stereocenters. The fourth-order valence-electron chi connectivity index (χ4n) is 3.14. The molecule has 2 amide bonds. The third kappa shape index (κ3) is 4.08. The highest BCUT2D eigenvalue weighted by atomic mass is 16.4. The van der Waals surface area contributed by atoms with E-state index in [9.17, 15) is 19.5 Å². The maximum Gasteiger partial charge on any atom is 0.308 e. The van der Waals surface area contributed by atoms with Crippen molar-refractivity contribution in [3.63, 3.8) is 0 Å². The number of carboxylic acid groups (broad SMARTS) is 1. The Labute approximate surface area is 151 Å². The van der Waals surface area contributed by atoms with Crippen LogP contribution in [-0.2, 0) is 20.8 Å². The average Bonchev–Trinajstić information content (AvgIpc) is 2.64. The molecule has 0 bridgehead atoms. The summed E-state index contributed by atoms with van der Waals surface area (Å²) in [5.74, 6) is -2.84. The average molecular weight is 352 g/mol. The van der Waals surface area contributed by atoms with E-state index in [1.54, 1.807) is 18.2 Å². The molecule has 3 rings (SSSR count). The molecule has 0 fully saturated rings. The van der Waals surface area contributed by atoms with E-state index in [2.05, 4.69) is 10.6 Å². The zero-order valence-electron chi connectivity index (χ0n) is 14.1. The number of para-hydroxylation sites is 1. The maximum atomic E-state index is 12.6. The van der Waals surface area contributed by atoms with Crippen molar-refractivity contribution < 1.29 is 19.5 Å². The molecule has 26 heavy (non-hydrogen) atoms. The van der Waals surface area contributed by atoms with Gasteiger partial charge in [-0.2, -0.15) is 0 Å². The van der Waals surface area contributed by atoms with Gasteiger partial charge in [0.1, 0.15) is 0 Å². The van der Waals surface area contributed by atoms with Gasteiger partial charge >= 0.3 is 5.97 Å². The number of carbonyl (C=O) groups is 3. The number of carboxylic acids is 1. The quantitative estimate of drug-likeness (QED) is 0.742. The zero-order valence-corrected chi connectivity index (χ0v) is 14.1. The van der Waals surface area contributed by atoms with E-state index in [0.29, 0.717) is 12.1 Å². The van der Waals surface area contributed by atoms with Crippen LogP contribution in [-0.4, -0.2) is 29.4 Å². The normalized spacial score (nSPS) is 16.9. The molecule has 6 nitrogen and oxygen atoms in total. The van der Waals surface area contributed by atoms with Crippen LogP contribution in [0.2, 0.25) is 0 Å². The molecule has 1 aliphatic heterocycles. The third-order valence-electron chi connectivity index (χ3n) is 4.51. The van der Waals surface area contributed by atoms with E-state index >= 15 is 0 Å². The number of amides is 2. The summed E-state index contributed by atoms with van der Waals surface area (Å²) in [6.45, 7) is 0.0172. The van der Waals surface area contributed by atoms with Crippen molar-refractivity contribution >= 4 is 23.5 Å². The van der Waals surface area contributed by atoms with E-state index < -0.39 is 17.8 Å². The number of hydrogen-bond donors (Lipinski definition) is 3. The van der Waals surface area contributed by atoms with Crippen molar-refractivity contribution in [2.45, 2.75) is 18.8 Å². The number of benzene rings is 2. The molecule has 2 unspecified atom stereocenters. The monoisotopic (exact) mass is 352 g/mol. The van der Waals surface area contributed by atoms with Crippen LogP contribution in [0, 0.1) is 5.92 Å². The summed E-state index contributed by atoms with van der Waals surface area (Å²) in [5, 5.41) is 14.9.